The van der Waals surface area contributed by atoms with Crippen molar-refractivity contribution in [3.05, 3.63) is 96.6 Å². The Labute approximate surface area is 194 Å². The fraction of sp³-hybridized carbons (Fsp3) is 0.143. The van der Waals surface area contributed by atoms with Crippen molar-refractivity contribution < 1.29 is 0 Å². The fourth-order valence-corrected chi connectivity index (χ4v) is 4.73. The molecule has 0 unspecified atom stereocenters. The maximum atomic E-state index is 5.88. The van der Waals surface area contributed by atoms with Gasteiger partial charge in [-0.25, -0.2) is 0 Å². The highest BCUT2D eigenvalue weighted by molar-refractivity contribution is 6.20. The van der Waals surface area contributed by atoms with Crippen LogP contribution < -0.4 is 0 Å². The summed E-state index contributed by atoms with van der Waals surface area (Å²) in [5, 5.41) is 7.78. The molecule has 31 heavy (non-hydrogen) atoms. The van der Waals surface area contributed by atoms with Gasteiger partial charge in [-0.15, -0.1) is 24.0 Å². The Hall–Kier alpha value is -2.58. The number of halogens is 2. The largest absolute Gasteiger partial charge is 0.301 e. The molecule has 5 rings (SSSR count). The molecule has 5 aromatic carbocycles. The van der Waals surface area contributed by atoms with Crippen LogP contribution in [0.25, 0.3) is 43.4 Å². The molecule has 3 heteroatoms. The molecule has 0 fully saturated rings. The first-order valence-corrected chi connectivity index (χ1v) is 10.9. The summed E-state index contributed by atoms with van der Waals surface area (Å²) in [7, 11) is 2.11. The van der Waals surface area contributed by atoms with Gasteiger partial charge in [0, 0.05) is 19.0 Å². The van der Waals surface area contributed by atoms with E-state index in [1.165, 1.54) is 49.0 Å². The fourth-order valence-electron chi connectivity index (χ4n) is 4.44. The minimum atomic E-state index is 0. The van der Waals surface area contributed by atoms with Crippen LogP contribution in [0.4, 0.5) is 0 Å². The monoisotopic (exact) mass is 445 g/mol. The van der Waals surface area contributed by atoms with Crippen molar-refractivity contribution in [2.24, 2.45) is 0 Å². The molecule has 0 spiro atoms. The van der Waals surface area contributed by atoms with Crippen molar-refractivity contribution in [2.45, 2.75) is 6.54 Å². The lowest BCUT2D eigenvalue weighted by molar-refractivity contribution is 0.348. The summed E-state index contributed by atoms with van der Waals surface area (Å²) in [4.78, 5) is 2.25. The Morgan fingerprint density at radius 3 is 2.10 bits per heavy atom. The number of benzene rings is 5. The van der Waals surface area contributed by atoms with E-state index in [9.17, 15) is 0 Å². The quantitative estimate of drug-likeness (QED) is 0.151. The lowest BCUT2D eigenvalue weighted by Crippen LogP contribution is -2.19. The third kappa shape index (κ3) is 4.14. The lowest BCUT2D eigenvalue weighted by Gasteiger charge is -2.16. The molecule has 5 aromatic rings. The zero-order valence-corrected chi connectivity index (χ0v) is 19.1. The summed E-state index contributed by atoms with van der Waals surface area (Å²) in [5.41, 5.74) is 3.88. The molecule has 0 saturated heterocycles. The van der Waals surface area contributed by atoms with Gasteiger partial charge < -0.3 is 4.90 Å². The van der Waals surface area contributed by atoms with Gasteiger partial charge >= 0.3 is 0 Å². The second-order valence-electron chi connectivity index (χ2n) is 7.98. The molecule has 0 bridgehead atoms. The molecule has 0 atom stereocenters. The van der Waals surface area contributed by atoms with Gasteiger partial charge in [0.2, 0.25) is 0 Å². The van der Waals surface area contributed by atoms with E-state index in [0.29, 0.717) is 5.88 Å². The number of hydrogen-bond acceptors (Lipinski definition) is 1. The maximum Gasteiger partial charge on any atom is 0.0351 e. The molecule has 0 aromatic heterocycles. The number of alkyl halides is 1. The first kappa shape index (κ1) is 21.6. The average molecular weight is 446 g/mol. The molecule has 0 N–H and O–H groups in total. The predicted molar refractivity (Wildman–Crippen MR) is 139 cm³/mol. The minimum Gasteiger partial charge on any atom is -0.301 e. The Morgan fingerprint density at radius 2 is 1.35 bits per heavy atom. The number of nitrogens with zero attached hydrogens (tertiary/aromatic N) is 1. The van der Waals surface area contributed by atoms with Crippen molar-refractivity contribution in [2.75, 3.05) is 19.5 Å². The van der Waals surface area contributed by atoms with Crippen LogP contribution >= 0.6 is 24.0 Å². The van der Waals surface area contributed by atoms with Crippen LogP contribution in [0.15, 0.2) is 91.0 Å². The van der Waals surface area contributed by atoms with Crippen LogP contribution in [0.5, 0.6) is 0 Å². The molecule has 0 heterocycles. The Kier molecular flexibility index (Phi) is 6.48. The van der Waals surface area contributed by atoms with Crippen molar-refractivity contribution in [1.82, 2.24) is 4.90 Å². The Balaban J connectivity index is 0.00000231. The number of hydrogen-bond donors (Lipinski definition) is 0. The van der Waals surface area contributed by atoms with Gasteiger partial charge in [-0.1, -0.05) is 84.9 Å². The van der Waals surface area contributed by atoms with E-state index in [0.717, 1.165) is 13.1 Å². The topological polar surface area (TPSA) is 3.24 Å². The van der Waals surface area contributed by atoms with Crippen molar-refractivity contribution in [1.29, 1.82) is 0 Å². The van der Waals surface area contributed by atoms with E-state index in [2.05, 4.69) is 103 Å². The molecule has 1 nitrogen and oxygen atoms in total. The van der Waals surface area contributed by atoms with Gasteiger partial charge in [0.05, 0.1) is 0 Å². The van der Waals surface area contributed by atoms with Crippen LogP contribution in [0.2, 0.25) is 0 Å². The summed E-state index contributed by atoms with van der Waals surface area (Å²) >= 11 is 5.88. The number of fused-ring (bicyclic) bond motifs is 4. The summed E-state index contributed by atoms with van der Waals surface area (Å²) in [6, 6.07) is 33.2. The van der Waals surface area contributed by atoms with E-state index in [1.54, 1.807) is 0 Å². The number of rotatable bonds is 5. The minimum absolute atomic E-state index is 0. The summed E-state index contributed by atoms with van der Waals surface area (Å²) in [6.45, 7) is 1.80. The molecule has 0 aliphatic heterocycles. The predicted octanol–water partition coefficient (Wildman–Crippen LogP) is 7.91. The molecular weight excluding hydrogens is 421 g/mol. The third-order valence-corrected chi connectivity index (χ3v) is 6.10. The van der Waals surface area contributed by atoms with Crippen molar-refractivity contribution in [3.63, 3.8) is 0 Å². The summed E-state index contributed by atoms with van der Waals surface area (Å²) < 4.78 is 0. The maximum absolute atomic E-state index is 5.88. The Morgan fingerprint density at radius 1 is 0.677 bits per heavy atom. The van der Waals surface area contributed by atoms with Crippen LogP contribution in [-0.4, -0.2) is 24.4 Å². The second-order valence-corrected chi connectivity index (χ2v) is 8.36. The van der Waals surface area contributed by atoms with E-state index in [-0.39, 0.29) is 12.4 Å². The molecule has 0 aliphatic rings. The molecule has 0 amide bonds. The van der Waals surface area contributed by atoms with Gasteiger partial charge in [-0.05, 0) is 62.1 Å². The van der Waals surface area contributed by atoms with E-state index in [1.807, 2.05) is 0 Å². The van der Waals surface area contributed by atoms with Gasteiger partial charge in [-0.3, -0.25) is 0 Å². The second kappa shape index (κ2) is 9.28. The molecule has 0 saturated carbocycles. The standard InChI is InChI=1S/C28H24ClN.ClH/c1-30(17-16-29)19-20-10-12-22(13-11-20)28-25-9-5-3-7-23(25)18-27-24-8-4-2-6-21(24)14-15-26(27)28;/h2-15,18H,16-17,19H2,1H3;1H. The van der Waals surface area contributed by atoms with Crippen LogP contribution in [0.3, 0.4) is 0 Å². The third-order valence-electron chi connectivity index (χ3n) is 5.93. The zero-order chi connectivity index (χ0) is 20.5. The smallest absolute Gasteiger partial charge is 0.0351 e. The highest BCUT2D eigenvalue weighted by Crippen LogP contribution is 2.39. The first-order valence-electron chi connectivity index (χ1n) is 10.4. The van der Waals surface area contributed by atoms with E-state index >= 15 is 0 Å². The van der Waals surface area contributed by atoms with Gasteiger partial charge in [0.25, 0.3) is 0 Å². The Bertz CT molecular complexity index is 1340. The van der Waals surface area contributed by atoms with Gasteiger partial charge in [-0.2, -0.15) is 0 Å². The first-order chi connectivity index (χ1) is 14.7. The SMILES string of the molecule is CN(CCCl)Cc1ccc(-c2c3ccccc3cc3c2ccc2ccccc23)cc1.Cl. The van der Waals surface area contributed by atoms with Crippen LogP contribution in [0, 0.1) is 0 Å². The van der Waals surface area contributed by atoms with E-state index in [4.69, 9.17) is 11.6 Å². The van der Waals surface area contributed by atoms with Crippen molar-refractivity contribution in [3.8, 4) is 11.1 Å². The van der Waals surface area contributed by atoms with E-state index < -0.39 is 0 Å². The lowest BCUT2D eigenvalue weighted by atomic mass is 9.89. The van der Waals surface area contributed by atoms with Gasteiger partial charge in [0.1, 0.15) is 0 Å². The molecule has 156 valence electrons. The average Bonchev–Trinajstić information content (AvgIpc) is 2.78. The summed E-state index contributed by atoms with van der Waals surface area (Å²) in [6.07, 6.45) is 0. The van der Waals surface area contributed by atoms with Gasteiger partial charge in [0.15, 0.2) is 0 Å². The van der Waals surface area contributed by atoms with Crippen LogP contribution in [0.1, 0.15) is 5.56 Å². The van der Waals surface area contributed by atoms with Crippen LogP contribution in [-0.2, 0) is 6.54 Å². The normalized spacial score (nSPS) is 11.3. The molecule has 0 radical (unpaired) electrons. The molecular formula is C28H25Cl2N. The highest BCUT2D eigenvalue weighted by Gasteiger charge is 2.12. The molecule has 0 aliphatic carbocycles. The zero-order valence-electron chi connectivity index (χ0n) is 17.5. The van der Waals surface area contributed by atoms with Crippen molar-refractivity contribution >= 4 is 56.3 Å². The highest BCUT2D eigenvalue weighted by atomic mass is 35.5. The summed E-state index contributed by atoms with van der Waals surface area (Å²) in [5.74, 6) is 0.657.